The molecule has 0 fully saturated rings. The minimum Gasteiger partial charge on any atom is -0.497 e. The van der Waals surface area contributed by atoms with Crippen molar-refractivity contribution in [3.05, 3.63) is 34.3 Å². The van der Waals surface area contributed by atoms with Crippen LogP contribution in [0.5, 0.6) is 11.5 Å². The van der Waals surface area contributed by atoms with Gasteiger partial charge in [-0.3, -0.25) is 0 Å². The van der Waals surface area contributed by atoms with E-state index in [1.165, 1.54) is 4.88 Å². The molecule has 0 bridgehead atoms. The van der Waals surface area contributed by atoms with Gasteiger partial charge in [-0.05, 0) is 6.92 Å². The van der Waals surface area contributed by atoms with Gasteiger partial charge in [0.05, 0.1) is 24.9 Å². The maximum Gasteiger partial charge on any atom is 0.125 e. The average molecular weight is 264 g/mol. The van der Waals surface area contributed by atoms with Crippen molar-refractivity contribution in [1.82, 2.24) is 4.98 Å². The first kappa shape index (κ1) is 12.7. The fraction of sp³-hybridized carbons (Fsp3) is 0.308. The van der Waals surface area contributed by atoms with Gasteiger partial charge in [0.25, 0.3) is 0 Å². The van der Waals surface area contributed by atoms with E-state index >= 15 is 0 Å². The van der Waals surface area contributed by atoms with Crippen LogP contribution in [-0.2, 0) is 6.42 Å². The summed E-state index contributed by atoms with van der Waals surface area (Å²) in [5.74, 6) is 1.44. The molecule has 4 nitrogen and oxygen atoms in total. The quantitative estimate of drug-likeness (QED) is 0.843. The normalized spacial score (nSPS) is 10.3. The summed E-state index contributed by atoms with van der Waals surface area (Å²) in [6, 6.07) is 5.39. The molecule has 2 N–H and O–H groups in total. The van der Waals surface area contributed by atoms with E-state index in [1.807, 2.05) is 18.5 Å². The monoisotopic (exact) mass is 264 g/mol. The number of hydrogen-bond donors (Lipinski definition) is 1. The fourth-order valence-electron chi connectivity index (χ4n) is 1.62. The number of nitrogen functional groups attached to an aromatic ring is 1. The van der Waals surface area contributed by atoms with E-state index in [4.69, 9.17) is 15.2 Å². The molecule has 0 unspecified atom stereocenters. The van der Waals surface area contributed by atoms with E-state index in [0.29, 0.717) is 18.0 Å². The van der Waals surface area contributed by atoms with E-state index in [9.17, 15) is 0 Å². The number of nitrogens with two attached hydrogens (primary N) is 1. The van der Waals surface area contributed by atoms with E-state index < -0.39 is 0 Å². The van der Waals surface area contributed by atoms with E-state index in [0.717, 1.165) is 17.9 Å². The summed E-state index contributed by atoms with van der Waals surface area (Å²) in [5, 5.41) is 0. The first-order valence-electron chi connectivity index (χ1n) is 5.65. The van der Waals surface area contributed by atoms with Crippen LogP contribution in [0.2, 0.25) is 0 Å². The van der Waals surface area contributed by atoms with Gasteiger partial charge < -0.3 is 15.2 Å². The number of hydrogen-bond acceptors (Lipinski definition) is 5. The van der Waals surface area contributed by atoms with E-state index in [2.05, 4.69) is 4.98 Å². The first-order chi connectivity index (χ1) is 8.69. The molecule has 0 aliphatic rings. The first-order valence-corrected chi connectivity index (χ1v) is 6.53. The third-order valence-electron chi connectivity index (χ3n) is 2.58. The van der Waals surface area contributed by atoms with E-state index in [1.54, 1.807) is 30.6 Å². The Kier molecular flexibility index (Phi) is 4.04. The Morgan fingerprint density at radius 1 is 1.28 bits per heavy atom. The molecule has 0 saturated heterocycles. The van der Waals surface area contributed by atoms with Gasteiger partial charge in [0.15, 0.2) is 0 Å². The molecule has 1 aromatic heterocycles. The second-order valence-electron chi connectivity index (χ2n) is 3.90. The number of rotatable bonds is 5. The van der Waals surface area contributed by atoms with Crippen molar-refractivity contribution < 1.29 is 9.47 Å². The molecular weight excluding hydrogens is 248 g/mol. The van der Waals surface area contributed by atoms with Crippen molar-refractivity contribution in [2.75, 3.05) is 19.5 Å². The molecule has 0 amide bonds. The smallest absolute Gasteiger partial charge is 0.125 e. The molecule has 0 radical (unpaired) electrons. The maximum atomic E-state index is 5.76. The van der Waals surface area contributed by atoms with Crippen molar-refractivity contribution >= 4 is 17.0 Å². The number of nitrogens with zero attached hydrogens (tertiary/aromatic N) is 1. The molecule has 2 rings (SSSR count). The molecule has 2 aromatic rings. The van der Waals surface area contributed by atoms with Crippen LogP contribution in [-0.4, -0.2) is 18.7 Å². The zero-order chi connectivity index (χ0) is 13.0. The second kappa shape index (κ2) is 5.73. The molecule has 0 atom stereocenters. The molecule has 5 heteroatoms. The number of anilines is 1. The Balaban J connectivity index is 1.94. The standard InChI is InChI=1S/C13H16N2O2S/c1-9-13(18-8-15-9)3-4-17-12-6-10(14)5-11(7-12)16-2/h5-8H,3-4,14H2,1-2H3. The van der Waals surface area contributed by atoms with Crippen LogP contribution in [0.25, 0.3) is 0 Å². The van der Waals surface area contributed by atoms with Crippen LogP contribution in [0.3, 0.4) is 0 Å². The Bertz CT molecular complexity index is 525. The highest BCUT2D eigenvalue weighted by molar-refractivity contribution is 7.09. The Morgan fingerprint density at radius 3 is 2.72 bits per heavy atom. The van der Waals surface area contributed by atoms with Crippen LogP contribution in [0.4, 0.5) is 5.69 Å². The number of methoxy groups -OCH3 is 1. The third kappa shape index (κ3) is 3.13. The molecule has 96 valence electrons. The Hall–Kier alpha value is -1.75. The molecule has 0 spiro atoms. The zero-order valence-corrected chi connectivity index (χ0v) is 11.3. The van der Waals surface area contributed by atoms with Gasteiger partial charge in [-0.15, -0.1) is 11.3 Å². The maximum absolute atomic E-state index is 5.76. The Labute approximate surface area is 110 Å². The highest BCUT2D eigenvalue weighted by Gasteiger charge is 2.03. The summed E-state index contributed by atoms with van der Waals surface area (Å²) in [5.41, 5.74) is 9.33. The Morgan fingerprint density at radius 2 is 2.06 bits per heavy atom. The molecule has 0 saturated carbocycles. The van der Waals surface area contributed by atoms with Gasteiger partial charge in [0.1, 0.15) is 11.5 Å². The van der Waals surface area contributed by atoms with Crippen LogP contribution in [0.1, 0.15) is 10.6 Å². The van der Waals surface area contributed by atoms with Crippen molar-refractivity contribution in [2.24, 2.45) is 0 Å². The highest BCUT2D eigenvalue weighted by Crippen LogP contribution is 2.24. The van der Waals surface area contributed by atoms with Gasteiger partial charge in [-0.25, -0.2) is 4.98 Å². The van der Waals surface area contributed by atoms with Crippen LogP contribution in [0.15, 0.2) is 23.7 Å². The predicted octanol–water partition coefficient (Wildman–Crippen LogP) is 2.66. The zero-order valence-electron chi connectivity index (χ0n) is 10.5. The SMILES string of the molecule is COc1cc(N)cc(OCCc2scnc2C)c1. The molecule has 18 heavy (non-hydrogen) atoms. The van der Waals surface area contributed by atoms with Gasteiger partial charge in [0.2, 0.25) is 0 Å². The van der Waals surface area contributed by atoms with Gasteiger partial charge in [-0.2, -0.15) is 0 Å². The summed E-state index contributed by atoms with van der Waals surface area (Å²) in [6.07, 6.45) is 0.855. The summed E-state index contributed by atoms with van der Waals surface area (Å²) >= 11 is 1.65. The van der Waals surface area contributed by atoms with Gasteiger partial charge in [0, 0.05) is 35.2 Å². The predicted molar refractivity (Wildman–Crippen MR) is 73.5 cm³/mol. The van der Waals surface area contributed by atoms with Crippen molar-refractivity contribution in [3.63, 3.8) is 0 Å². The van der Waals surface area contributed by atoms with Crippen molar-refractivity contribution in [1.29, 1.82) is 0 Å². The minimum absolute atomic E-state index is 0.607. The van der Waals surface area contributed by atoms with Crippen molar-refractivity contribution in [2.45, 2.75) is 13.3 Å². The lowest BCUT2D eigenvalue weighted by molar-refractivity contribution is 0.320. The second-order valence-corrected chi connectivity index (χ2v) is 4.84. The summed E-state index contributed by atoms with van der Waals surface area (Å²) in [6.45, 7) is 2.62. The molecule has 0 aliphatic heterocycles. The average Bonchev–Trinajstić information content (AvgIpc) is 2.74. The lowest BCUT2D eigenvalue weighted by Gasteiger charge is -2.08. The topological polar surface area (TPSA) is 57.4 Å². The number of aryl methyl sites for hydroxylation is 1. The lowest BCUT2D eigenvalue weighted by atomic mass is 10.3. The van der Waals surface area contributed by atoms with Crippen LogP contribution >= 0.6 is 11.3 Å². The number of aromatic nitrogens is 1. The minimum atomic E-state index is 0.607. The van der Waals surface area contributed by atoms with E-state index in [-0.39, 0.29) is 0 Å². The fourth-order valence-corrected chi connectivity index (χ4v) is 2.39. The number of ether oxygens (including phenoxy) is 2. The third-order valence-corrected chi connectivity index (χ3v) is 3.58. The molecule has 1 aromatic carbocycles. The van der Waals surface area contributed by atoms with Crippen LogP contribution in [0, 0.1) is 6.92 Å². The summed E-state index contributed by atoms with van der Waals surface area (Å²) in [7, 11) is 1.61. The number of thiazole rings is 1. The molecule has 0 aliphatic carbocycles. The molecule has 1 heterocycles. The van der Waals surface area contributed by atoms with Crippen molar-refractivity contribution in [3.8, 4) is 11.5 Å². The largest absolute Gasteiger partial charge is 0.497 e. The summed E-state index contributed by atoms with van der Waals surface area (Å²) < 4.78 is 10.8. The summed E-state index contributed by atoms with van der Waals surface area (Å²) in [4.78, 5) is 5.46. The van der Waals surface area contributed by atoms with Gasteiger partial charge >= 0.3 is 0 Å². The van der Waals surface area contributed by atoms with Crippen LogP contribution < -0.4 is 15.2 Å². The lowest BCUT2D eigenvalue weighted by Crippen LogP contribution is -2.02. The van der Waals surface area contributed by atoms with Gasteiger partial charge in [-0.1, -0.05) is 0 Å². The highest BCUT2D eigenvalue weighted by atomic mass is 32.1. The number of benzene rings is 1. The molecular formula is C13H16N2O2S.